The fourth-order valence-corrected chi connectivity index (χ4v) is 3.08. The maximum Gasteiger partial charge on any atom is 0.272 e. The van der Waals surface area contributed by atoms with Gasteiger partial charge in [-0.3, -0.25) is 4.79 Å². The molecule has 0 bridgehead atoms. The molecule has 1 amide bonds. The Morgan fingerprint density at radius 1 is 1.04 bits per heavy atom. The molecule has 0 aromatic heterocycles. The summed E-state index contributed by atoms with van der Waals surface area (Å²) < 4.78 is 6.15. The molecule has 0 atom stereocenters. The van der Waals surface area contributed by atoms with E-state index in [9.17, 15) is 4.79 Å². The SMILES string of the molecule is CCCCCc1ccccc1OCc1ccccc1N(CC)C(=O)C=NOC. The fourth-order valence-electron chi connectivity index (χ4n) is 3.08. The van der Waals surface area contributed by atoms with Crippen LogP contribution >= 0.6 is 0 Å². The van der Waals surface area contributed by atoms with E-state index in [2.05, 4.69) is 29.0 Å². The molecular weight excluding hydrogens is 352 g/mol. The number of carbonyl (C=O) groups is 1. The van der Waals surface area contributed by atoms with Crippen LogP contribution in [0.2, 0.25) is 0 Å². The summed E-state index contributed by atoms with van der Waals surface area (Å²) in [5, 5.41) is 3.59. The lowest BCUT2D eigenvalue weighted by atomic mass is 10.1. The van der Waals surface area contributed by atoms with Crippen LogP contribution in [0.5, 0.6) is 5.75 Å². The normalized spacial score (nSPS) is 10.8. The Morgan fingerprint density at radius 2 is 1.75 bits per heavy atom. The second-order valence-corrected chi connectivity index (χ2v) is 6.48. The number of rotatable bonds is 11. The first-order chi connectivity index (χ1) is 13.7. The van der Waals surface area contributed by atoms with Gasteiger partial charge < -0.3 is 14.5 Å². The summed E-state index contributed by atoms with van der Waals surface area (Å²) in [5.41, 5.74) is 3.00. The van der Waals surface area contributed by atoms with Crippen molar-refractivity contribution in [1.29, 1.82) is 0 Å². The summed E-state index contributed by atoms with van der Waals surface area (Å²) >= 11 is 0. The first-order valence-corrected chi connectivity index (χ1v) is 9.87. The number of hydrogen-bond donors (Lipinski definition) is 0. The molecule has 0 heterocycles. The highest BCUT2D eigenvalue weighted by atomic mass is 16.6. The molecule has 0 aliphatic heterocycles. The molecule has 0 unspecified atom stereocenters. The molecule has 5 heteroatoms. The summed E-state index contributed by atoms with van der Waals surface area (Å²) in [6.45, 7) is 5.06. The number of anilines is 1. The zero-order chi connectivity index (χ0) is 20.2. The lowest BCUT2D eigenvalue weighted by molar-refractivity contribution is -0.112. The van der Waals surface area contributed by atoms with Gasteiger partial charge in [0.25, 0.3) is 5.91 Å². The van der Waals surface area contributed by atoms with Gasteiger partial charge in [0.1, 0.15) is 25.7 Å². The smallest absolute Gasteiger partial charge is 0.272 e. The van der Waals surface area contributed by atoms with Gasteiger partial charge in [-0.25, -0.2) is 0 Å². The van der Waals surface area contributed by atoms with Crippen LogP contribution in [0.25, 0.3) is 0 Å². The van der Waals surface area contributed by atoms with Gasteiger partial charge in [-0.1, -0.05) is 61.3 Å². The predicted octanol–water partition coefficient (Wildman–Crippen LogP) is 4.98. The van der Waals surface area contributed by atoms with Crippen LogP contribution in [0.15, 0.2) is 53.7 Å². The first kappa shape index (κ1) is 21.5. The number of unbranched alkanes of at least 4 members (excludes halogenated alkanes) is 2. The summed E-state index contributed by atoms with van der Waals surface area (Å²) in [6, 6.07) is 16.0. The molecule has 0 aliphatic rings. The third kappa shape index (κ3) is 6.12. The maximum atomic E-state index is 12.4. The highest BCUT2D eigenvalue weighted by Gasteiger charge is 2.16. The Balaban J connectivity index is 2.16. The van der Waals surface area contributed by atoms with Gasteiger partial charge in [0.15, 0.2) is 0 Å². The Labute approximate surface area is 168 Å². The third-order valence-corrected chi connectivity index (χ3v) is 4.54. The molecule has 28 heavy (non-hydrogen) atoms. The number of amides is 1. The largest absolute Gasteiger partial charge is 0.489 e. The molecule has 0 fully saturated rings. The minimum absolute atomic E-state index is 0.225. The molecule has 2 aromatic carbocycles. The van der Waals surface area contributed by atoms with E-state index < -0.39 is 0 Å². The summed E-state index contributed by atoms with van der Waals surface area (Å²) in [4.78, 5) is 18.7. The number of carbonyl (C=O) groups excluding carboxylic acids is 1. The molecule has 0 saturated heterocycles. The van der Waals surface area contributed by atoms with Crippen molar-refractivity contribution in [2.75, 3.05) is 18.6 Å². The fraction of sp³-hybridized carbons (Fsp3) is 0.391. The highest BCUT2D eigenvalue weighted by Crippen LogP contribution is 2.25. The quantitative estimate of drug-likeness (QED) is 0.313. The number of nitrogens with zero attached hydrogens (tertiary/aromatic N) is 2. The van der Waals surface area contributed by atoms with Gasteiger partial charge in [0.2, 0.25) is 0 Å². The second kappa shape index (κ2) is 11.8. The minimum Gasteiger partial charge on any atom is -0.489 e. The third-order valence-electron chi connectivity index (χ3n) is 4.54. The number of hydrogen-bond acceptors (Lipinski definition) is 4. The molecule has 150 valence electrons. The molecule has 2 rings (SSSR count). The highest BCUT2D eigenvalue weighted by molar-refractivity contribution is 6.32. The van der Waals surface area contributed by atoms with Crippen molar-refractivity contribution in [1.82, 2.24) is 0 Å². The first-order valence-electron chi connectivity index (χ1n) is 9.87. The Bertz CT molecular complexity index is 774. The van der Waals surface area contributed by atoms with E-state index in [0.29, 0.717) is 13.2 Å². The van der Waals surface area contributed by atoms with Crippen molar-refractivity contribution in [3.8, 4) is 5.75 Å². The van der Waals surface area contributed by atoms with Crippen LogP contribution in [0.4, 0.5) is 5.69 Å². The van der Waals surface area contributed by atoms with Crippen LogP contribution in [-0.4, -0.2) is 25.8 Å². The zero-order valence-corrected chi connectivity index (χ0v) is 17.1. The van der Waals surface area contributed by atoms with Gasteiger partial charge in [-0.2, -0.15) is 0 Å². The number of oxime groups is 1. The van der Waals surface area contributed by atoms with Crippen molar-refractivity contribution in [2.45, 2.75) is 46.1 Å². The molecule has 0 spiro atoms. The van der Waals surface area contributed by atoms with Crippen LogP contribution in [0.1, 0.15) is 44.2 Å². The van der Waals surface area contributed by atoms with Crippen LogP contribution < -0.4 is 9.64 Å². The van der Waals surface area contributed by atoms with E-state index in [1.165, 1.54) is 31.7 Å². The lowest BCUT2D eigenvalue weighted by Crippen LogP contribution is -2.32. The average molecular weight is 383 g/mol. The maximum absolute atomic E-state index is 12.4. The minimum atomic E-state index is -0.225. The standard InChI is InChI=1S/C23H30N2O3/c1-4-6-7-12-19-13-9-11-16-22(19)28-18-20-14-8-10-15-21(20)25(5-2)23(26)17-24-27-3/h8-11,13-17H,4-7,12,18H2,1-3H3. The van der Waals surface area contributed by atoms with E-state index >= 15 is 0 Å². The van der Waals surface area contributed by atoms with Crippen molar-refractivity contribution in [3.63, 3.8) is 0 Å². The molecular formula is C23H30N2O3. The Morgan fingerprint density at radius 3 is 2.46 bits per heavy atom. The van der Waals surface area contributed by atoms with Gasteiger partial charge in [0, 0.05) is 12.1 Å². The number of ether oxygens (including phenoxy) is 1. The average Bonchev–Trinajstić information content (AvgIpc) is 2.73. The molecule has 0 radical (unpaired) electrons. The van der Waals surface area contributed by atoms with Crippen molar-refractivity contribution in [3.05, 3.63) is 59.7 Å². The summed E-state index contributed by atoms with van der Waals surface area (Å²) in [6.07, 6.45) is 5.77. The Kier molecular flexibility index (Phi) is 9.05. The summed E-state index contributed by atoms with van der Waals surface area (Å²) in [5.74, 6) is 0.681. The lowest BCUT2D eigenvalue weighted by Gasteiger charge is -2.22. The van der Waals surface area contributed by atoms with Crippen LogP contribution in [0, 0.1) is 0 Å². The van der Waals surface area contributed by atoms with Gasteiger partial charge in [-0.15, -0.1) is 0 Å². The second-order valence-electron chi connectivity index (χ2n) is 6.48. The van der Waals surface area contributed by atoms with Crippen molar-refractivity contribution in [2.24, 2.45) is 5.16 Å². The van der Waals surface area contributed by atoms with Crippen LogP contribution in [0.3, 0.4) is 0 Å². The summed E-state index contributed by atoms with van der Waals surface area (Å²) in [7, 11) is 1.42. The molecule has 5 nitrogen and oxygen atoms in total. The number of benzene rings is 2. The van der Waals surface area contributed by atoms with E-state index in [0.717, 1.165) is 29.8 Å². The molecule has 0 aliphatic carbocycles. The molecule has 0 N–H and O–H groups in total. The van der Waals surface area contributed by atoms with Gasteiger partial charge >= 0.3 is 0 Å². The van der Waals surface area contributed by atoms with Crippen LogP contribution in [-0.2, 0) is 22.7 Å². The molecule has 0 saturated carbocycles. The van der Waals surface area contributed by atoms with E-state index in [1.807, 2.05) is 43.3 Å². The number of para-hydroxylation sites is 2. The predicted molar refractivity (Wildman–Crippen MR) is 114 cm³/mol. The zero-order valence-electron chi connectivity index (χ0n) is 17.1. The van der Waals surface area contributed by atoms with Gasteiger partial charge in [-0.05, 0) is 37.5 Å². The van der Waals surface area contributed by atoms with E-state index in [1.54, 1.807) is 4.90 Å². The van der Waals surface area contributed by atoms with E-state index in [4.69, 9.17) is 4.74 Å². The molecule has 2 aromatic rings. The Hall–Kier alpha value is -2.82. The number of aryl methyl sites for hydroxylation is 1. The van der Waals surface area contributed by atoms with Crippen molar-refractivity contribution >= 4 is 17.8 Å². The topological polar surface area (TPSA) is 51.1 Å². The monoisotopic (exact) mass is 382 g/mol. The van der Waals surface area contributed by atoms with Crippen molar-refractivity contribution < 1.29 is 14.4 Å². The van der Waals surface area contributed by atoms with Gasteiger partial charge in [0.05, 0.1) is 5.69 Å². The van der Waals surface area contributed by atoms with E-state index in [-0.39, 0.29) is 5.91 Å².